The largest absolute Gasteiger partial charge is 0.449 e. The normalized spacial score (nSPS) is 17.4. The summed E-state index contributed by atoms with van der Waals surface area (Å²) in [6, 6.07) is 4.73. The summed E-state index contributed by atoms with van der Waals surface area (Å²) in [6.07, 6.45) is 0.396. The molecule has 1 atom stereocenters. The molecule has 0 spiro atoms. The van der Waals surface area contributed by atoms with Crippen molar-refractivity contribution in [2.45, 2.75) is 26.3 Å². The minimum atomic E-state index is -0.418. The number of nitro groups is 1. The third-order valence-electron chi connectivity index (χ3n) is 3.50. The van der Waals surface area contributed by atoms with Crippen LogP contribution in [0.2, 0.25) is 0 Å². The van der Waals surface area contributed by atoms with Crippen molar-refractivity contribution < 1.29 is 14.5 Å². The van der Waals surface area contributed by atoms with E-state index in [1.54, 1.807) is 17.0 Å². The fraction of sp³-hybridized carbons (Fsp3) is 0.533. The zero-order valence-electron chi connectivity index (χ0n) is 13.1. The maximum Gasteiger partial charge on any atom is 0.409 e. The highest BCUT2D eigenvalue weighted by atomic mass is 79.9. The Kier molecular flexibility index (Phi) is 5.81. The number of nitrogens with one attached hydrogen (secondary N) is 1. The third-order valence-corrected chi connectivity index (χ3v) is 3.99. The molecule has 0 saturated carbocycles. The van der Waals surface area contributed by atoms with Gasteiger partial charge in [0.05, 0.1) is 11.5 Å². The molecule has 1 aromatic rings. The van der Waals surface area contributed by atoms with Gasteiger partial charge in [0.15, 0.2) is 0 Å². The molecule has 1 N–H and O–H groups in total. The Labute approximate surface area is 143 Å². The van der Waals surface area contributed by atoms with Gasteiger partial charge in [-0.25, -0.2) is 4.79 Å². The van der Waals surface area contributed by atoms with Gasteiger partial charge in [0, 0.05) is 29.7 Å². The molecular formula is C15H20BrN3O4. The SMILES string of the molecule is CC(C)COC(=O)N1CCC(Nc2cc(Br)ccc2[N+](=O)[O-])C1. The van der Waals surface area contributed by atoms with Gasteiger partial charge in [0.2, 0.25) is 0 Å². The summed E-state index contributed by atoms with van der Waals surface area (Å²) in [5.74, 6) is 0.291. The zero-order chi connectivity index (χ0) is 17.0. The van der Waals surface area contributed by atoms with E-state index in [1.807, 2.05) is 13.8 Å². The maximum absolute atomic E-state index is 11.9. The van der Waals surface area contributed by atoms with E-state index in [1.165, 1.54) is 6.07 Å². The second kappa shape index (κ2) is 7.63. The molecule has 0 radical (unpaired) electrons. The van der Waals surface area contributed by atoms with Crippen LogP contribution in [0.25, 0.3) is 0 Å². The average molecular weight is 386 g/mol. The van der Waals surface area contributed by atoms with Crippen molar-refractivity contribution >= 4 is 33.4 Å². The number of carbonyl (C=O) groups is 1. The van der Waals surface area contributed by atoms with Crippen LogP contribution in [0.3, 0.4) is 0 Å². The summed E-state index contributed by atoms with van der Waals surface area (Å²) in [7, 11) is 0. The molecular weight excluding hydrogens is 366 g/mol. The van der Waals surface area contributed by atoms with Crippen LogP contribution in [0, 0.1) is 16.0 Å². The molecule has 1 aliphatic heterocycles. The summed E-state index contributed by atoms with van der Waals surface area (Å²) < 4.78 is 5.97. The minimum absolute atomic E-state index is 0.0223. The van der Waals surface area contributed by atoms with Crippen molar-refractivity contribution in [1.29, 1.82) is 0 Å². The van der Waals surface area contributed by atoms with Gasteiger partial charge in [-0.2, -0.15) is 0 Å². The first-order chi connectivity index (χ1) is 10.9. The smallest absolute Gasteiger partial charge is 0.409 e. The number of benzene rings is 1. The lowest BCUT2D eigenvalue weighted by atomic mass is 10.2. The Balaban J connectivity index is 1.97. The van der Waals surface area contributed by atoms with Gasteiger partial charge in [-0.1, -0.05) is 29.8 Å². The molecule has 1 saturated heterocycles. The van der Waals surface area contributed by atoms with Gasteiger partial charge in [-0.3, -0.25) is 10.1 Å². The molecule has 126 valence electrons. The highest BCUT2D eigenvalue weighted by molar-refractivity contribution is 9.10. The van der Waals surface area contributed by atoms with E-state index < -0.39 is 4.92 Å². The van der Waals surface area contributed by atoms with Crippen LogP contribution in [-0.2, 0) is 4.74 Å². The van der Waals surface area contributed by atoms with E-state index in [9.17, 15) is 14.9 Å². The van der Waals surface area contributed by atoms with E-state index in [0.717, 1.165) is 10.9 Å². The van der Waals surface area contributed by atoms with Crippen LogP contribution in [0.1, 0.15) is 20.3 Å². The summed E-state index contributed by atoms with van der Waals surface area (Å²) >= 11 is 3.32. The molecule has 1 aromatic carbocycles. The van der Waals surface area contributed by atoms with Crippen LogP contribution in [-0.4, -0.2) is 41.7 Å². The second-order valence-electron chi connectivity index (χ2n) is 5.97. The average Bonchev–Trinajstić information content (AvgIpc) is 2.93. The van der Waals surface area contributed by atoms with Crippen LogP contribution in [0.5, 0.6) is 0 Å². The van der Waals surface area contributed by atoms with Gasteiger partial charge in [-0.05, 0) is 24.5 Å². The predicted octanol–water partition coefficient (Wildman–Crippen LogP) is 3.64. The Morgan fingerprint density at radius 3 is 2.96 bits per heavy atom. The number of nitro benzene ring substituents is 1. The van der Waals surface area contributed by atoms with E-state index in [2.05, 4.69) is 21.2 Å². The first kappa shape index (κ1) is 17.5. The van der Waals surface area contributed by atoms with Crippen molar-refractivity contribution in [3.63, 3.8) is 0 Å². The first-order valence-corrected chi connectivity index (χ1v) is 8.28. The number of likely N-dealkylation sites (tertiary alicyclic amines) is 1. The molecule has 1 amide bonds. The number of rotatable bonds is 5. The highest BCUT2D eigenvalue weighted by Crippen LogP contribution is 2.29. The van der Waals surface area contributed by atoms with Crippen LogP contribution >= 0.6 is 15.9 Å². The van der Waals surface area contributed by atoms with Crippen LogP contribution in [0.4, 0.5) is 16.2 Å². The van der Waals surface area contributed by atoms with E-state index in [4.69, 9.17) is 4.74 Å². The fourth-order valence-electron chi connectivity index (χ4n) is 2.38. The van der Waals surface area contributed by atoms with Gasteiger partial charge in [-0.15, -0.1) is 0 Å². The maximum atomic E-state index is 11.9. The third kappa shape index (κ3) is 4.82. The van der Waals surface area contributed by atoms with Crippen molar-refractivity contribution in [3.05, 3.63) is 32.8 Å². The molecule has 23 heavy (non-hydrogen) atoms. The Morgan fingerprint density at radius 1 is 1.57 bits per heavy atom. The molecule has 1 heterocycles. The quantitative estimate of drug-likeness (QED) is 0.617. The number of anilines is 1. The molecule has 0 aliphatic carbocycles. The first-order valence-electron chi connectivity index (χ1n) is 7.49. The molecule has 0 aromatic heterocycles. The summed E-state index contributed by atoms with van der Waals surface area (Å²) in [5, 5.41) is 14.3. The Morgan fingerprint density at radius 2 is 2.30 bits per heavy atom. The standard InChI is InChI=1S/C15H20BrN3O4/c1-10(2)9-23-15(20)18-6-5-12(8-18)17-13-7-11(16)3-4-14(13)19(21)22/h3-4,7,10,12,17H,5-6,8-9H2,1-2H3. The lowest BCUT2D eigenvalue weighted by molar-refractivity contribution is -0.384. The number of hydrogen-bond donors (Lipinski definition) is 1. The van der Waals surface area contributed by atoms with Crippen LogP contribution < -0.4 is 5.32 Å². The number of amides is 1. The highest BCUT2D eigenvalue weighted by Gasteiger charge is 2.28. The van der Waals surface area contributed by atoms with Crippen molar-refractivity contribution in [1.82, 2.24) is 4.90 Å². The number of carbonyl (C=O) groups excluding carboxylic acids is 1. The van der Waals surface area contributed by atoms with Crippen molar-refractivity contribution in [2.24, 2.45) is 5.92 Å². The predicted molar refractivity (Wildman–Crippen MR) is 90.6 cm³/mol. The van der Waals surface area contributed by atoms with E-state index >= 15 is 0 Å². The molecule has 2 rings (SSSR count). The summed E-state index contributed by atoms with van der Waals surface area (Å²) in [4.78, 5) is 24.2. The molecule has 1 fully saturated rings. The molecule has 8 heteroatoms. The molecule has 1 aliphatic rings. The minimum Gasteiger partial charge on any atom is -0.449 e. The number of halogens is 1. The van der Waals surface area contributed by atoms with Gasteiger partial charge >= 0.3 is 6.09 Å². The topological polar surface area (TPSA) is 84.7 Å². The van der Waals surface area contributed by atoms with Crippen LogP contribution in [0.15, 0.2) is 22.7 Å². The fourth-order valence-corrected chi connectivity index (χ4v) is 2.74. The number of ether oxygens (including phenoxy) is 1. The molecule has 7 nitrogen and oxygen atoms in total. The van der Waals surface area contributed by atoms with Gasteiger partial charge < -0.3 is 15.0 Å². The molecule has 0 bridgehead atoms. The number of nitrogens with zero attached hydrogens (tertiary/aromatic N) is 2. The zero-order valence-corrected chi connectivity index (χ0v) is 14.7. The van der Waals surface area contributed by atoms with Gasteiger partial charge in [0.1, 0.15) is 5.69 Å². The monoisotopic (exact) mass is 385 g/mol. The van der Waals surface area contributed by atoms with E-state index in [-0.39, 0.29) is 17.8 Å². The van der Waals surface area contributed by atoms with Crippen molar-refractivity contribution in [3.8, 4) is 0 Å². The summed E-state index contributed by atoms with van der Waals surface area (Å²) in [5.41, 5.74) is 0.473. The lowest BCUT2D eigenvalue weighted by Gasteiger charge is -2.18. The van der Waals surface area contributed by atoms with E-state index in [0.29, 0.717) is 31.3 Å². The van der Waals surface area contributed by atoms with Crippen molar-refractivity contribution in [2.75, 3.05) is 25.0 Å². The Hall–Kier alpha value is -1.83. The second-order valence-corrected chi connectivity index (χ2v) is 6.88. The summed E-state index contributed by atoms with van der Waals surface area (Å²) in [6.45, 7) is 5.41. The Bertz CT molecular complexity index is 594. The van der Waals surface area contributed by atoms with Gasteiger partial charge in [0.25, 0.3) is 5.69 Å². The number of hydrogen-bond acceptors (Lipinski definition) is 5. The lowest BCUT2D eigenvalue weighted by Crippen LogP contribution is -2.32. The molecule has 1 unspecified atom stereocenters.